The summed E-state index contributed by atoms with van der Waals surface area (Å²) in [5, 5.41) is 4.28. The second-order valence-corrected chi connectivity index (χ2v) is 7.64. The van der Waals surface area contributed by atoms with Gasteiger partial charge in [-0.2, -0.15) is 0 Å². The van der Waals surface area contributed by atoms with Crippen molar-refractivity contribution in [3.8, 4) is 5.75 Å². The van der Waals surface area contributed by atoms with Gasteiger partial charge in [-0.3, -0.25) is 9.59 Å². The maximum atomic E-state index is 12.4. The van der Waals surface area contributed by atoms with Crippen LogP contribution >= 0.6 is 0 Å². The minimum absolute atomic E-state index is 0.0108. The Labute approximate surface area is 174 Å². The Morgan fingerprint density at radius 3 is 2.57 bits per heavy atom. The summed E-state index contributed by atoms with van der Waals surface area (Å²) >= 11 is 0. The van der Waals surface area contributed by atoms with Crippen LogP contribution in [0.5, 0.6) is 5.75 Å². The molecule has 0 aliphatic carbocycles. The molecule has 30 heavy (non-hydrogen) atoms. The van der Waals surface area contributed by atoms with Crippen molar-refractivity contribution < 1.29 is 9.53 Å². The van der Waals surface area contributed by atoms with E-state index in [2.05, 4.69) is 27.3 Å². The number of primary amides is 1. The van der Waals surface area contributed by atoms with Crippen LogP contribution in [-0.4, -0.2) is 31.1 Å². The number of benzene rings is 2. The lowest BCUT2D eigenvalue weighted by atomic mass is 9.96. The molecule has 1 fully saturated rings. The highest BCUT2D eigenvalue weighted by Crippen LogP contribution is 2.25. The van der Waals surface area contributed by atoms with Crippen LogP contribution in [0.1, 0.15) is 18.4 Å². The summed E-state index contributed by atoms with van der Waals surface area (Å²) in [6.45, 7) is 2.09. The second-order valence-electron chi connectivity index (χ2n) is 7.64. The van der Waals surface area contributed by atoms with Crippen LogP contribution in [0, 0.1) is 5.92 Å². The molecular weight excluding hydrogens is 380 g/mol. The number of nitrogens with one attached hydrogen (secondary N) is 2. The van der Waals surface area contributed by atoms with Crippen molar-refractivity contribution in [2.24, 2.45) is 11.7 Å². The number of aromatic amines is 1. The fourth-order valence-corrected chi connectivity index (χ4v) is 3.89. The summed E-state index contributed by atoms with van der Waals surface area (Å²) in [7, 11) is 1.60. The molecule has 7 heteroatoms. The van der Waals surface area contributed by atoms with E-state index in [9.17, 15) is 9.59 Å². The van der Waals surface area contributed by atoms with Gasteiger partial charge in [-0.15, -0.1) is 0 Å². The molecule has 4 N–H and O–H groups in total. The molecule has 4 rings (SSSR count). The maximum Gasteiger partial charge on any atom is 0.253 e. The summed E-state index contributed by atoms with van der Waals surface area (Å²) in [4.78, 5) is 28.9. The van der Waals surface area contributed by atoms with Crippen molar-refractivity contribution >= 4 is 28.2 Å². The third kappa shape index (κ3) is 4.25. The van der Waals surface area contributed by atoms with Crippen LogP contribution < -0.4 is 26.2 Å². The van der Waals surface area contributed by atoms with Crippen molar-refractivity contribution in [3.05, 3.63) is 64.4 Å². The highest BCUT2D eigenvalue weighted by Gasteiger charge is 2.23. The Bertz CT molecular complexity index is 1100. The van der Waals surface area contributed by atoms with Crippen molar-refractivity contribution in [2.45, 2.75) is 19.4 Å². The van der Waals surface area contributed by atoms with Gasteiger partial charge < -0.3 is 25.7 Å². The van der Waals surface area contributed by atoms with E-state index in [1.54, 1.807) is 7.11 Å². The molecule has 7 nitrogen and oxygen atoms in total. The summed E-state index contributed by atoms with van der Waals surface area (Å²) in [5.74, 6) is 0.503. The summed E-state index contributed by atoms with van der Waals surface area (Å²) in [6, 6.07) is 15.7. The lowest BCUT2D eigenvalue weighted by Gasteiger charge is -2.32. The topological polar surface area (TPSA) is 100 Å². The predicted molar refractivity (Wildman–Crippen MR) is 119 cm³/mol. The number of pyridine rings is 1. The Kier molecular flexibility index (Phi) is 5.61. The average Bonchev–Trinajstić information content (AvgIpc) is 2.77. The zero-order chi connectivity index (χ0) is 21.1. The summed E-state index contributed by atoms with van der Waals surface area (Å²) in [5.41, 5.74) is 8.80. The molecule has 1 aromatic heterocycles. The first-order chi connectivity index (χ1) is 14.5. The predicted octanol–water partition coefficient (Wildman–Crippen LogP) is 2.85. The van der Waals surface area contributed by atoms with E-state index >= 15 is 0 Å². The molecular formula is C23H26N4O3. The minimum atomic E-state index is -0.197. The van der Waals surface area contributed by atoms with Crippen LogP contribution in [0.3, 0.4) is 0 Å². The first-order valence-electron chi connectivity index (χ1n) is 10.1. The van der Waals surface area contributed by atoms with E-state index in [1.807, 2.05) is 36.4 Å². The number of ether oxygens (including phenoxy) is 1. The largest absolute Gasteiger partial charge is 0.497 e. The molecule has 1 amide bonds. The maximum absolute atomic E-state index is 12.4. The number of piperidine rings is 1. The third-order valence-corrected chi connectivity index (χ3v) is 5.74. The average molecular weight is 406 g/mol. The van der Waals surface area contributed by atoms with Gasteiger partial charge in [0.05, 0.1) is 12.6 Å². The molecule has 2 aromatic carbocycles. The highest BCUT2D eigenvalue weighted by atomic mass is 16.5. The number of rotatable bonds is 6. The van der Waals surface area contributed by atoms with Crippen molar-refractivity contribution in [2.75, 3.05) is 30.4 Å². The third-order valence-electron chi connectivity index (χ3n) is 5.74. The van der Waals surface area contributed by atoms with E-state index in [4.69, 9.17) is 10.5 Å². The van der Waals surface area contributed by atoms with Crippen molar-refractivity contribution in [1.82, 2.24) is 4.98 Å². The number of H-pyrrole nitrogens is 1. The molecule has 0 bridgehead atoms. The number of nitrogens with two attached hydrogens (primary N) is 1. The number of nitrogens with zero attached hydrogens (tertiary/aromatic N) is 1. The van der Waals surface area contributed by atoms with Crippen LogP contribution in [0.4, 0.5) is 11.4 Å². The van der Waals surface area contributed by atoms with Gasteiger partial charge in [0.2, 0.25) is 5.91 Å². The molecule has 0 unspecified atom stereocenters. The minimum Gasteiger partial charge on any atom is -0.497 e. The normalized spacial score (nSPS) is 14.6. The SMILES string of the molecule is COc1ccc2cc(CNc3ccc(N4CCC(C(N)=O)CC4)cc3)c(=O)[nH]c2c1. The molecule has 1 saturated heterocycles. The molecule has 1 aliphatic rings. The number of amides is 1. The van der Waals surface area contributed by atoms with Gasteiger partial charge in [0.1, 0.15) is 5.75 Å². The molecule has 1 aliphatic heterocycles. The molecule has 3 aromatic rings. The zero-order valence-electron chi connectivity index (χ0n) is 17.0. The van der Waals surface area contributed by atoms with E-state index in [0.29, 0.717) is 17.9 Å². The van der Waals surface area contributed by atoms with Crippen LogP contribution in [0.25, 0.3) is 10.9 Å². The lowest BCUT2D eigenvalue weighted by molar-refractivity contribution is -0.122. The Balaban J connectivity index is 1.40. The van der Waals surface area contributed by atoms with Crippen LogP contribution in [0.2, 0.25) is 0 Å². The second kappa shape index (κ2) is 8.49. The van der Waals surface area contributed by atoms with Gasteiger partial charge in [-0.25, -0.2) is 0 Å². The summed E-state index contributed by atoms with van der Waals surface area (Å²) in [6.07, 6.45) is 1.60. The first-order valence-corrected chi connectivity index (χ1v) is 10.1. The number of methoxy groups -OCH3 is 1. The molecule has 0 atom stereocenters. The number of aromatic nitrogens is 1. The van der Waals surface area contributed by atoms with Gasteiger partial charge in [0.15, 0.2) is 0 Å². The van der Waals surface area contributed by atoms with Crippen LogP contribution in [-0.2, 0) is 11.3 Å². The fraction of sp³-hybridized carbons (Fsp3) is 0.304. The molecule has 0 saturated carbocycles. The number of carbonyl (C=O) groups is 1. The van der Waals surface area contributed by atoms with E-state index < -0.39 is 0 Å². The Morgan fingerprint density at radius 1 is 1.17 bits per heavy atom. The molecule has 0 spiro atoms. The highest BCUT2D eigenvalue weighted by molar-refractivity contribution is 5.80. The standard InChI is InChI=1S/C23H26N4O3/c1-30-20-7-2-16-12-17(23(29)26-21(16)13-20)14-25-18-3-5-19(6-4-18)27-10-8-15(9-11-27)22(24)28/h2-7,12-13,15,25H,8-11,14H2,1H3,(H2,24,28)(H,26,29). The van der Waals surface area contributed by atoms with Gasteiger partial charge in [-0.1, -0.05) is 0 Å². The van der Waals surface area contributed by atoms with Crippen molar-refractivity contribution in [3.63, 3.8) is 0 Å². The molecule has 156 valence electrons. The fourth-order valence-electron chi connectivity index (χ4n) is 3.89. The van der Waals surface area contributed by atoms with Gasteiger partial charge in [-0.05, 0) is 60.7 Å². The molecule has 2 heterocycles. The lowest BCUT2D eigenvalue weighted by Crippen LogP contribution is -2.38. The van der Waals surface area contributed by atoms with E-state index in [1.165, 1.54) is 0 Å². The number of carbonyl (C=O) groups excluding carboxylic acids is 1. The zero-order valence-corrected chi connectivity index (χ0v) is 17.0. The Hall–Kier alpha value is -3.48. The summed E-state index contributed by atoms with van der Waals surface area (Å²) < 4.78 is 5.21. The van der Waals surface area contributed by atoms with E-state index in [-0.39, 0.29) is 17.4 Å². The number of hydrogen-bond acceptors (Lipinski definition) is 5. The molecule has 0 radical (unpaired) electrons. The van der Waals surface area contributed by atoms with Gasteiger partial charge in [0, 0.05) is 48.6 Å². The van der Waals surface area contributed by atoms with E-state index in [0.717, 1.165) is 48.2 Å². The van der Waals surface area contributed by atoms with Crippen molar-refractivity contribution in [1.29, 1.82) is 0 Å². The Morgan fingerprint density at radius 2 is 1.90 bits per heavy atom. The first kappa shape index (κ1) is 19.8. The monoisotopic (exact) mass is 406 g/mol. The quantitative estimate of drug-likeness (QED) is 0.584. The number of fused-ring (bicyclic) bond motifs is 1. The number of anilines is 2. The van der Waals surface area contributed by atoms with Crippen LogP contribution in [0.15, 0.2) is 53.3 Å². The van der Waals surface area contributed by atoms with Gasteiger partial charge in [0.25, 0.3) is 5.56 Å². The van der Waals surface area contributed by atoms with Gasteiger partial charge >= 0.3 is 0 Å². The number of hydrogen-bond donors (Lipinski definition) is 3. The smallest absolute Gasteiger partial charge is 0.253 e.